The number of hydrogen-bond acceptors (Lipinski definition) is 2. The number of aldehydes is 1. The Labute approximate surface area is 102 Å². The number of aromatic amines is 1. The Morgan fingerprint density at radius 2 is 2.15 bits per heavy atom. The Morgan fingerprint density at radius 3 is 2.85 bits per heavy atom. The summed E-state index contributed by atoms with van der Waals surface area (Å²) in [6.07, 6.45) is 0.725. The lowest BCUT2D eigenvalue weighted by atomic mass is 10.3. The van der Waals surface area contributed by atoms with Gasteiger partial charge in [-0.15, -0.1) is 0 Å². The van der Waals surface area contributed by atoms with Crippen LogP contribution in [0.15, 0.2) is 12.1 Å². The predicted octanol–water partition coefficient (Wildman–Crippen LogP) is 2.58. The van der Waals surface area contributed by atoms with Crippen molar-refractivity contribution in [2.24, 2.45) is 0 Å². The van der Waals surface area contributed by atoms with Crippen LogP contribution in [0.4, 0.5) is 0 Å². The third-order valence-electron chi connectivity index (χ3n) is 1.63. The first-order valence-corrected chi connectivity index (χ1v) is 5.66. The molecule has 2 aromatic rings. The van der Waals surface area contributed by atoms with Crippen LogP contribution in [-0.4, -0.2) is 16.3 Å². The lowest BCUT2D eigenvalue weighted by Crippen LogP contribution is -1.79. The molecule has 0 radical (unpaired) electrons. The van der Waals surface area contributed by atoms with Crippen LogP contribution in [0.5, 0.6) is 0 Å². The van der Waals surface area contributed by atoms with Crippen LogP contribution in [0.3, 0.4) is 0 Å². The average molecular weight is 398 g/mol. The van der Waals surface area contributed by atoms with Gasteiger partial charge in [-0.2, -0.15) is 0 Å². The van der Waals surface area contributed by atoms with Gasteiger partial charge in [-0.05, 0) is 57.3 Å². The number of benzene rings is 1. The van der Waals surface area contributed by atoms with Crippen LogP contribution in [0.2, 0.25) is 0 Å². The SMILES string of the molecule is O=Cc1nc2c(I)cc(I)cc2[nH]1. The second-order valence-electron chi connectivity index (χ2n) is 2.52. The molecule has 1 N–H and O–H groups in total. The van der Waals surface area contributed by atoms with E-state index in [2.05, 4.69) is 55.1 Å². The molecule has 0 amide bonds. The molecular formula is C8H4I2N2O. The molecule has 13 heavy (non-hydrogen) atoms. The monoisotopic (exact) mass is 398 g/mol. The lowest BCUT2D eigenvalue weighted by Gasteiger charge is -1.93. The summed E-state index contributed by atoms with van der Waals surface area (Å²) >= 11 is 4.44. The highest BCUT2D eigenvalue weighted by atomic mass is 127. The first kappa shape index (κ1) is 9.38. The average Bonchev–Trinajstić information content (AvgIpc) is 2.47. The van der Waals surface area contributed by atoms with Gasteiger partial charge in [0, 0.05) is 7.14 Å². The van der Waals surface area contributed by atoms with Crippen LogP contribution in [0.25, 0.3) is 11.0 Å². The Morgan fingerprint density at radius 1 is 1.38 bits per heavy atom. The Kier molecular flexibility index (Phi) is 2.54. The molecule has 1 aromatic carbocycles. The Bertz CT molecular complexity index is 478. The van der Waals surface area contributed by atoms with E-state index in [4.69, 9.17) is 0 Å². The normalized spacial score (nSPS) is 10.6. The van der Waals surface area contributed by atoms with Crippen molar-refractivity contribution in [3.63, 3.8) is 0 Å². The van der Waals surface area contributed by atoms with Crippen LogP contribution in [0.1, 0.15) is 10.6 Å². The number of carbonyl (C=O) groups is 1. The fourth-order valence-electron chi connectivity index (χ4n) is 1.12. The highest BCUT2D eigenvalue weighted by Gasteiger charge is 2.05. The van der Waals surface area contributed by atoms with E-state index < -0.39 is 0 Å². The summed E-state index contributed by atoms with van der Waals surface area (Å²) in [6.45, 7) is 0. The maximum absolute atomic E-state index is 10.5. The molecule has 0 aliphatic rings. The summed E-state index contributed by atoms with van der Waals surface area (Å²) in [5.74, 6) is 0.384. The standard InChI is InChI=1S/C8H4I2N2O/c9-4-1-5(10)8-6(2-4)11-7(3-13)12-8/h1-3H,(H,11,12). The number of nitrogens with zero attached hydrogens (tertiary/aromatic N) is 1. The first-order chi connectivity index (χ1) is 6.20. The minimum atomic E-state index is 0.384. The van der Waals surface area contributed by atoms with E-state index in [9.17, 15) is 4.79 Å². The smallest absolute Gasteiger partial charge is 0.185 e. The molecule has 0 bridgehead atoms. The topological polar surface area (TPSA) is 45.8 Å². The van der Waals surface area contributed by atoms with Crippen molar-refractivity contribution in [1.29, 1.82) is 0 Å². The maximum atomic E-state index is 10.5. The molecular weight excluding hydrogens is 394 g/mol. The maximum Gasteiger partial charge on any atom is 0.185 e. The van der Waals surface area contributed by atoms with Gasteiger partial charge in [0.05, 0.1) is 5.52 Å². The molecule has 1 heterocycles. The van der Waals surface area contributed by atoms with Gasteiger partial charge in [-0.1, -0.05) is 0 Å². The molecule has 66 valence electrons. The molecule has 0 unspecified atom stereocenters. The van der Waals surface area contributed by atoms with Gasteiger partial charge in [0.25, 0.3) is 0 Å². The van der Waals surface area contributed by atoms with E-state index in [0.29, 0.717) is 5.82 Å². The zero-order valence-corrected chi connectivity index (χ0v) is 10.7. The number of aromatic nitrogens is 2. The van der Waals surface area contributed by atoms with Gasteiger partial charge in [-0.25, -0.2) is 4.98 Å². The van der Waals surface area contributed by atoms with Crippen molar-refractivity contribution in [1.82, 2.24) is 9.97 Å². The number of H-pyrrole nitrogens is 1. The van der Waals surface area contributed by atoms with Crippen LogP contribution >= 0.6 is 45.2 Å². The van der Waals surface area contributed by atoms with Crippen molar-refractivity contribution in [3.8, 4) is 0 Å². The first-order valence-electron chi connectivity index (χ1n) is 3.50. The van der Waals surface area contributed by atoms with Crippen molar-refractivity contribution in [2.45, 2.75) is 0 Å². The third kappa shape index (κ3) is 1.71. The summed E-state index contributed by atoms with van der Waals surface area (Å²) in [7, 11) is 0. The third-order valence-corrected chi connectivity index (χ3v) is 3.08. The summed E-state index contributed by atoms with van der Waals surface area (Å²) in [6, 6.07) is 4.00. The van der Waals surface area contributed by atoms with Gasteiger partial charge >= 0.3 is 0 Å². The van der Waals surface area contributed by atoms with Gasteiger partial charge in [0.1, 0.15) is 5.52 Å². The number of fused-ring (bicyclic) bond motifs is 1. The molecule has 5 heteroatoms. The summed E-state index contributed by atoms with van der Waals surface area (Å²) in [5, 5.41) is 0. The lowest BCUT2D eigenvalue weighted by molar-refractivity contribution is 0.111. The number of halogens is 2. The second kappa shape index (κ2) is 3.52. The van der Waals surface area contributed by atoms with E-state index in [1.165, 1.54) is 0 Å². The largest absolute Gasteiger partial charge is 0.336 e. The number of hydrogen-bond donors (Lipinski definition) is 1. The zero-order chi connectivity index (χ0) is 9.42. The zero-order valence-electron chi connectivity index (χ0n) is 6.34. The molecule has 0 saturated heterocycles. The minimum absolute atomic E-state index is 0.384. The Hall–Kier alpha value is -0.180. The molecule has 1 aromatic heterocycles. The second-order valence-corrected chi connectivity index (χ2v) is 4.93. The van der Waals surface area contributed by atoms with Crippen LogP contribution < -0.4 is 0 Å². The predicted molar refractivity (Wildman–Crippen MR) is 66.9 cm³/mol. The highest BCUT2D eigenvalue weighted by molar-refractivity contribution is 14.1. The van der Waals surface area contributed by atoms with Crippen molar-refractivity contribution in [2.75, 3.05) is 0 Å². The van der Waals surface area contributed by atoms with Crippen molar-refractivity contribution >= 4 is 62.5 Å². The van der Waals surface area contributed by atoms with E-state index in [1.807, 2.05) is 12.1 Å². The molecule has 0 atom stereocenters. The molecule has 0 aliphatic carbocycles. The van der Waals surface area contributed by atoms with Crippen LogP contribution in [-0.2, 0) is 0 Å². The molecule has 0 fully saturated rings. The summed E-state index contributed by atoms with van der Waals surface area (Å²) in [4.78, 5) is 17.5. The fraction of sp³-hybridized carbons (Fsp3) is 0. The minimum Gasteiger partial charge on any atom is -0.336 e. The van der Waals surface area contributed by atoms with Gasteiger partial charge in [0.15, 0.2) is 12.1 Å². The Balaban J connectivity index is 2.82. The van der Waals surface area contributed by atoms with Crippen molar-refractivity contribution in [3.05, 3.63) is 25.1 Å². The van der Waals surface area contributed by atoms with E-state index in [-0.39, 0.29) is 0 Å². The molecule has 3 nitrogen and oxygen atoms in total. The summed E-state index contributed by atoms with van der Waals surface area (Å²) < 4.78 is 2.19. The van der Waals surface area contributed by atoms with Gasteiger partial charge in [-0.3, -0.25) is 4.79 Å². The van der Waals surface area contributed by atoms with Crippen molar-refractivity contribution < 1.29 is 4.79 Å². The molecule has 0 saturated carbocycles. The van der Waals surface area contributed by atoms with E-state index in [1.54, 1.807) is 0 Å². The molecule has 0 aliphatic heterocycles. The van der Waals surface area contributed by atoms with Gasteiger partial charge < -0.3 is 4.98 Å². The fourth-order valence-corrected chi connectivity index (χ4v) is 3.08. The molecule has 0 spiro atoms. The quantitative estimate of drug-likeness (QED) is 0.593. The van der Waals surface area contributed by atoms with Gasteiger partial charge in [0.2, 0.25) is 0 Å². The number of imidazole rings is 1. The number of nitrogens with one attached hydrogen (secondary N) is 1. The number of rotatable bonds is 1. The summed E-state index contributed by atoms with van der Waals surface area (Å²) in [5.41, 5.74) is 1.78. The van der Waals surface area contributed by atoms with E-state index >= 15 is 0 Å². The van der Waals surface area contributed by atoms with Crippen LogP contribution in [0, 0.1) is 7.14 Å². The number of carbonyl (C=O) groups excluding carboxylic acids is 1. The highest BCUT2D eigenvalue weighted by Crippen LogP contribution is 2.21. The molecule has 2 rings (SSSR count). The van der Waals surface area contributed by atoms with E-state index in [0.717, 1.165) is 24.5 Å².